The Morgan fingerprint density at radius 2 is 1.84 bits per heavy atom. The van der Waals surface area contributed by atoms with Crippen molar-refractivity contribution in [3.8, 4) is 5.75 Å². The Bertz CT molecular complexity index is 584. The maximum atomic E-state index is 13.5. The first-order chi connectivity index (χ1) is 9.10. The van der Waals surface area contributed by atoms with Crippen LogP contribution in [0.1, 0.15) is 16.7 Å². The summed E-state index contributed by atoms with van der Waals surface area (Å²) in [5, 5.41) is 0. The van der Waals surface area contributed by atoms with Crippen LogP contribution in [0.15, 0.2) is 36.4 Å². The fourth-order valence-electron chi connectivity index (χ4n) is 1.75. The molecule has 19 heavy (non-hydrogen) atoms. The summed E-state index contributed by atoms with van der Waals surface area (Å²) in [7, 11) is 0. The van der Waals surface area contributed by atoms with Gasteiger partial charge in [-0.3, -0.25) is 0 Å². The largest absolute Gasteiger partial charge is 0.488 e. The summed E-state index contributed by atoms with van der Waals surface area (Å²) >= 11 is 5.83. The van der Waals surface area contributed by atoms with Gasteiger partial charge in [-0.1, -0.05) is 17.7 Å². The summed E-state index contributed by atoms with van der Waals surface area (Å²) in [6, 6.07) is 9.04. The van der Waals surface area contributed by atoms with Gasteiger partial charge in [-0.25, -0.2) is 8.78 Å². The second-order valence-electron chi connectivity index (χ2n) is 4.27. The minimum atomic E-state index is -0.612. The van der Waals surface area contributed by atoms with Gasteiger partial charge in [-0.05, 0) is 25.1 Å². The van der Waals surface area contributed by atoms with Gasteiger partial charge >= 0.3 is 0 Å². The lowest BCUT2D eigenvalue weighted by Gasteiger charge is -2.11. The molecule has 0 aliphatic rings. The maximum absolute atomic E-state index is 13.5. The molecule has 0 saturated carbocycles. The highest BCUT2D eigenvalue weighted by Gasteiger charge is 2.07. The SMILES string of the molecule is Cc1ccc(OCc2ccc(F)cc2F)c(CCl)c1. The first-order valence-corrected chi connectivity index (χ1v) is 6.36. The zero-order chi connectivity index (χ0) is 13.8. The normalized spacial score (nSPS) is 10.5. The van der Waals surface area contributed by atoms with E-state index in [2.05, 4.69) is 0 Å². The minimum absolute atomic E-state index is 0.0407. The smallest absolute Gasteiger partial charge is 0.132 e. The van der Waals surface area contributed by atoms with Crippen molar-refractivity contribution in [1.29, 1.82) is 0 Å². The molecule has 2 aromatic carbocycles. The average Bonchev–Trinajstić information content (AvgIpc) is 2.39. The van der Waals surface area contributed by atoms with Gasteiger partial charge < -0.3 is 4.74 Å². The molecule has 0 fully saturated rings. The van der Waals surface area contributed by atoms with Crippen LogP contribution in [-0.4, -0.2) is 0 Å². The summed E-state index contributed by atoms with van der Waals surface area (Å²) in [6.45, 7) is 2.00. The van der Waals surface area contributed by atoms with Gasteiger partial charge in [-0.15, -0.1) is 11.6 Å². The van der Waals surface area contributed by atoms with Crippen LogP contribution in [0.3, 0.4) is 0 Å². The molecule has 0 heterocycles. The zero-order valence-corrected chi connectivity index (χ0v) is 11.2. The molecule has 0 atom stereocenters. The molecule has 0 amide bonds. The van der Waals surface area contributed by atoms with Crippen LogP contribution in [0.2, 0.25) is 0 Å². The van der Waals surface area contributed by atoms with Crippen LogP contribution in [0, 0.1) is 18.6 Å². The molecular weight excluding hydrogens is 270 g/mol. The number of aryl methyl sites for hydroxylation is 1. The Balaban J connectivity index is 2.14. The van der Waals surface area contributed by atoms with Crippen LogP contribution in [0.25, 0.3) is 0 Å². The molecule has 2 rings (SSSR count). The number of hydrogen-bond donors (Lipinski definition) is 0. The third-order valence-electron chi connectivity index (χ3n) is 2.76. The highest BCUT2D eigenvalue weighted by atomic mass is 35.5. The Hall–Kier alpha value is -1.61. The average molecular weight is 283 g/mol. The van der Waals surface area contributed by atoms with Gasteiger partial charge in [0.25, 0.3) is 0 Å². The van der Waals surface area contributed by atoms with Crippen LogP contribution < -0.4 is 4.74 Å². The first kappa shape index (κ1) is 13.8. The summed E-state index contributed by atoms with van der Waals surface area (Å²) in [5.41, 5.74) is 2.24. The summed E-state index contributed by atoms with van der Waals surface area (Å²) in [4.78, 5) is 0. The van der Waals surface area contributed by atoms with E-state index >= 15 is 0 Å². The molecular formula is C15H13ClF2O. The van der Waals surface area contributed by atoms with Gasteiger partial charge in [-0.2, -0.15) is 0 Å². The van der Waals surface area contributed by atoms with Gasteiger partial charge in [0.2, 0.25) is 0 Å². The van der Waals surface area contributed by atoms with E-state index in [9.17, 15) is 8.78 Å². The highest BCUT2D eigenvalue weighted by Crippen LogP contribution is 2.23. The summed E-state index contributed by atoms with van der Waals surface area (Å²) in [6.07, 6.45) is 0. The van der Waals surface area contributed by atoms with Crippen LogP contribution in [-0.2, 0) is 12.5 Å². The van der Waals surface area contributed by atoms with E-state index in [-0.39, 0.29) is 6.61 Å². The van der Waals surface area contributed by atoms with Crippen LogP contribution in [0.4, 0.5) is 8.78 Å². The molecule has 0 aliphatic heterocycles. The summed E-state index contributed by atoms with van der Waals surface area (Å²) in [5.74, 6) is -0.273. The second kappa shape index (κ2) is 6.02. The molecule has 4 heteroatoms. The molecule has 0 aliphatic carbocycles. The maximum Gasteiger partial charge on any atom is 0.132 e. The number of hydrogen-bond acceptors (Lipinski definition) is 1. The van der Waals surface area contributed by atoms with Crippen molar-refractivity contribution in [2.24, 2.45) is 0 Å². The lowest BCUT2D eigenvalue weighted by molar-refractivity contribution is 0.297. The molecule has 0 unspecified atom stereocenters. The van der Waals surface area contributed by atoms with Gasteiger partial charge in [0.15, 0.2) is 0 Å². The van der Waals surface area contributed by atoms with Crippen molar-refractivity contribution < 1.29 is 13.5 Å². The van der Waals surface area contributed by atoms with Gasteiger partial charge in [0.1, 0.15) is 24.0 Å². The lowest BCUT2D eigenvalue weighted by atomic mass is 10.1. The van der Waals surface area contributed by atoms with E-state index < -0.39 is 11.6 Å². The fourth-order valence-corrected chi connectivity index (χ4v) is 1.96. The Morgan fingerprint density at radius 1 is 1.05 bits per heavy atom. The standard InChI is InChI=1S/C15H13ClF2O/c1-10-2-5-15(12(6-10)8-16)19-9-11-3-4-13(17)7-14(11)18/h2-7H,8-9H2,1H3. The number of alkyl halides is 1. The molecule has 0 radical (unpaired) electrons. The van der Waals surface area contributed by atoms with Crippen molar-refractivity contribution in [3.63, 3.8) is 0 Å². The van der Waals surface area contributed by atoms with E-state index in [0.29, 0.717) is 17.2 Å². The van der Waals surface area contributed by atoms with E-state index in [4.69, 9.17) is 16.3 Å². The van der Waals surface area contributed by atoms with Crippen molar-refractivity contribution in [2.75, 3.05) is 0 Å². The summed E-state index contributed by atoms with van der Waals surface area (Å²) < 4.78 is 31.8. The van der Waals surface area contributed by atoms with Crippen molar-refractivity contribution >= 4 is 11.6 Å². The molecule has 0 spiro atoms. The molecule has 2 aromatic rings. The van der Waals surface area contributed by atoms with Crippen LogP contribution >= 0.6 is 11.6 Å². The van der Waals surface area contributed by atoms with Crippen molar-refractivity contribution in [2.45, 2.75) is 19.4 Å². The van der Waals surface area contributed by atoms with Gasteiger partial charge in [0, 0.05) is 17.2 Å². The van der Waals surface area contributed by atoms with Crippen molar-refractivity contribution in [1.82, 2.24) is 0 Å². The molecule has 0 bridgehead atoms. The van der Waals surface area contributed by atoms with E-state index in [1.54, 1.807) is 6.07 Å². The molecule has 0 N–H and O–H groups in total. The Labute approximate surface area is 115 Å². The number of halogens is 3. The van der Waals surface area contributed by atoms with Crippen LogP contribution in [0.5, 0.6) is 5.75 Å². The minimum Gasteiger partial charge on any atom is -0.488 e. The van der Waals surface area contributed by atoms with E-state index in [1.807, 2.05) is 19.1 Å². The molecule has 0 saturated heterocycles. The van der Waals surface area contributed by atoms with E-state index in [0.717, 1.165) is 17.2 Å². The third-order valence-corrected chi connectivity index (χ3v) is 3.05. The molecule has 1 nitrogen and oxygen atoms in total. The lowest BCUT2D eigenvalue weighted by Crippen LogP contribution is -2.01. The Kier molecular flexibility index (Phi) is 4.38. The Morgan fingerprint density at radius 3 is 2.53 bits per heavy atom. The van der Waals surface area contributed by atoms with Gasteiger partial charge in [0.05, 0.1) is 5.88 Å². The van der Waals surface area contributed by atoms with Crippen molar-refractivity contribution in [3.05, 3.63) is 64.7 Å². The number of rotatable bonds is 4. The fraction of sp³-hybridized carbons (Fsp3) is 0.200. The monoisotopic (exact) mass is 282 g/mol. The predicted octanol–water partition coefficient (Wildman–Crippen LogP) is 4.59. The van der Waals surface area contributed by atoms with E-state index in [1.165, 1.54) is 12.1 Å². The topological polar surface area (TPSA) is 9.23 Å². The number of ether oxygens (including phenoxy) is 1. The predicted molar refractivity (Wildman–Crippen MR) is 71.4 cm³/mol. The number of benzene rings is 2. The molecule has 0 aromatic heterocycles. The quantitative estimate of drug-likeness (QED) is 0.745. The highest BCUT2D eigenvalue weighted by molar-refractivity contribution is 6.17. The first-order valence-electron chi connectivity index (χ1n) is 5.82. The molecule has 100 valence electrons. The zero-order valence-electron chi connectivity index (χ0n) is 10.4. The second-order valence-corrected chi connectivity index (χ2v) is 4.54. The third kappa shape index (κ3) is 3.44.